The fourth-order valence-electron chi connectivity index (χ4n) is 4.97. The van der Waals surface area contributed by atoms with Gasteiger partial charge >= 0.3 is 0 Å². The second-order valence-electron chi connectivity index (χ2n) is 8.29. The lowest BCUT2D eigenvalue weighted by atomic mass is 9.71. The lowest BCUT2D eigenvalue weighted by Crippen LogP contribution is -2.57. The normalized spacial score (nSPS) is 29.3. The van der Waals surface area contributed by atoms with Crippen molar-refractivity contribution < 1.29 is 9.84 Å². The number of aryl methyl sites for hydroxylation is 1. The second kappa shape index (κ2) is 7.31. The number of hydrogen-bond acceptors (Lipinski definition) is 6. The van der Waals surface area contributed by atoms with E-state index in [1.165, 1.54) is 12.8 Å². The molecule has 7 nitrogen and oxygen atoms in total. The number of β-amino-alcohol motifs (C(OH)–C–C–N with tert-alkyl or cyclic N) is 1. The predicted molar refractivity (Wildman–Crippen MR) is 94.0 cm³/mol. The standard InChI is InChI=1S/C18H31N5O2/c1-21-11-15(19-20-21)12-22-6-4-18(5-7-22)10-17(24)13-23(14-18)16-2-8-25-9-3-16/h11,16-17,24H,2-10,12-14H2,1H3. The molecule has 7 heteroatoms. The first-order chi connectivity index (χ1) is 12.1. The molecule has 0 aromatic carbocycles. The highest BCUT2D eigenvalue weighted by molar-refractivity contribution is 4.98. The van der Waals surface area contributed by atoms with Gasteiger partial charge in [0.05, 0.1) is 11.8 Å². The smallest absolute Gasteiger partial charge is 0.0966 e. The maximum Gasteiger partial charge on any atom is 0.0966 e. The van der Waals surface area contributed by atoms with Crippen molar-refractivity contribution in [3.63, 3.8) is 0 Å². The Morgan fingerprint density at radius 1 is 1.28 bits per heavy atom. The number of nitrogens with zero attached hydrogens (tertiary/aromatic N) is 5. The minimum Gasteiger partial charge on any atom is -0.392 e. The molecule has 1 aromatic heterocycles. The van der Waals surface area contributed by atoms with Crippen molar-refractivity contribution in [3.05, 3.63) is 11.9 Å². The fourth-order valence-corrected chi connectivity index (χ4v) is 4.97. The lowest BCUT2D eigenvalue weighted by Gasteiger charge is -2.51. The Morgan fingerprint density at radius 3 is 2.72 bits per heavy atom. The van der Waals surface area contributed by atoms with Gasteiger partial charge in [0, 0.05) is 52.1 Å². The van der Waals surface area contributed by atoms with E-state index in [4.69, 9.17) is 4.74 Å². The number of piperidine rings is 2. The van der Waals surface area contributed by atoms with Crippen molar-refractivity contribution in [1.29, 1.82) is 0 Å². The first kappa shape index (κ1) is 17.4. The van der Waals surface area contributed by atoms with Crippen LogP contribution in [0.15, 0.2) is 6.20 Å². The summed E-state index contributed by atoms with van der Waals surface area (Å²) in [7, 11) is 1.91. The number of aliphatic hydroxyl groups is 1. The van der Waals surface area contributed by atoms with E-state index in [1.54, 1.807) is 4.68 Å². The summed E-state index contributed by atoms with van der Waals surface area (Å²) in [5.41, 5.74) is 1.33. The van der Waals surface area contributed by atoms with Gasteiger partial charge in [-0.2, -0.15) is 0 Å². The molecule has 0 bridgehead atoms. The first-order valence-corrected chi connectivity index (χ1v) is 9.69. The van der Waals surface area contributed by atoms with Gasteiger partial charge in [-0.05, 0) is 50.6 Å². The summed E-state index contributed by atoms with van der Waals surface area (Å²) < 4.78 is 7.29. The summed E-state index contributed by atoms with van der Waals surface area (Å²) >= 11 is 0. The first-order valence-electron chi connectivity index (χ1n) is 9.69. The minimum atomic E-state index is -0.178. The van der Waals surface area contributed by atoms with E-state index in [9.17, 15) is 5.11 Å². The zero-order valence-electron chi connectivity index (χ0n) is 15.3. The molecule has 1 N–H and O–H groups in total. The van der Waals surface area contributed by atoms with Crippen LogP contribution in [0.2, 0.25) is 0 Å². The van der Waals surface area contributed by atoms with Gasteiger partial charge < -0.3 is 9.84 Å². The molecule has 0 aliphatic carbocycles. The molecular formula is C18H31N5O2. The van der Waals surface area contributed by atoms with E-state index in [0.717, 1.165) is 70.9 Å². The van der Waals surface area contributed by atoms with Gasteiger partial charge in [-0.25, -0.2) is 0 Å². The van der Waals surface area contributed by atoms with E-state index in [1.807, 2.05) is 13.2 Å². The number of rotatable bonds is 3. The zero-order chi connectivity index (χ0) is 17.3. The monoisotopic (exact) mass is 349 g/mol. The number of likely N-dealkylation sites (tertiary alicyclic amines) is 2. The Balaban J connectivity index is 1.35. The van der Waals surface area contributed by atoms with E-state index in [0.29, 0.717) is 6.04 Å². The molecule has 1 spiro atoms. The average Bonchev–Trinajstić information content (AvgIpc) is 3.02. The van der Waals surface area contributed by atoms with Crippen LogP contribution >= 0.6 is 0 Å². The van der Waals surface area contributed by atoms with Crippen LogP contribution in [-0.2, 0) is 18.3 Å². The SMILES string of the molecule is Cn1cc(CN2CCC3(CC2)CC(O)CN(C2CCOCC2)C3)nn1. The van der Waals surface area contributed by atoms with E-state index < -0.39 is 0 Å². The summed E-state index contributed by atoms with van der Waals surface area (Å²) in [6.07, 6.45) is 7.35. The largest absolute Gasteiger partial charge is 0.392 e. The Morgan fingerprint density at radius 2 is 2.04 bits per heavy atom. The summed E-state index contributed by atoms with van der Waals surface area (Å²) in [6.45, 7) is 6.79. The molecule has 140 valence electrons. The van der Waals surface area contributed by atoms with Crippen LogP contribution in [-0.4, -0.2) is 81.4 Å². The summed E-state index contributed by atoms with van der Waals surface area (Å²) in [5, 5.41) is 18.8. The number of aromatic nitrogens is 3. The maximum atomic E-state index is 10.5. The molecule has 0 amide bonds. The molecular weight excluding hydrogens is 318 g/mol. The van der Waals surface area contributed by atoms with Crippen molar-refractivity contribution in [1.82, 2.24) is 24.8 Å². The van der Waals surface area contributed by atoms with Crippen molar-refractivity contribution in [2.24, 2.45) is 12.5 Å². The maximum absolute atomic E-state index is 10.5. The van der Waals surface area contributed by atoms with Crippen molar-refractivity contribution in [3.8, 4) is 0 Å². The molecule has 3 aliphatic heterocycles. The van der Waals surface area contributed by atoms with Gasteiger partial charge in [0.15, 0.2) is 0 Å². The number of hydrogen-bond donors (Lipinski definition) is 1. The van der Waals surface area contributed by atoms with Crippen LogP contribution in [0.25, 0.3) is 0 Å². The Hall–Kier alpha value is -1.02. The summed E-state index contributed by atoms with van der Waals surface area (Å²) in [6, 6.07) is 0.596. The Labute approximate surface area is 149 Å². The molecule has 3 saturated heterocycles. The molecule has 0 saturated carbocycles. The highest BCUT2D eigenvalue weighted by atomic mass is 16.5. The topological polar surface area (TPSA) is 66.7 Å². The number of ether oxygens (including phenoxy) is 1. The Bertz CT molecular complexity index is 564. The van der Waals surface area contributed by atoms with Crippen LogP contribution in [0, 0.1) is 5.41 Å². The van der Waals surface area contributed by atoms with Gasteiger partial charge in [-0.15, -0.1) is 5.10 Å². The van der Waals surface area contributed by atoms with Gasteiger partial charge in [-0.1, -0.05) is 5.21 Å². The van der Waals surface area contributed by atoms with Gasteiger partial charge in [0.25, 0.3) is 0 Å². The average molecular weight is 349 g/mol. The highest BCUT2D eigenvalue weighted by Gasteiger charge is 2.43. The minimum absolute atomic E-state index is 0.178. The molecule has 1 atom stereocenters. The molecule has 0 radical (unpaired) electrons. The molecule has 1 aromatic rings. The molecule has 4 heterocycles. The van der Waals surface area contributed by atoms with E-state index >= 15 is 0 Å². The van der Waals surface area contributed by atoms with Gasteiger partial charge in [0.2, 0.25) is 0 Å². The molecule has 3 aliphatic rings. The van der Waals surface area contributed by atoms with Gasteiger partial charge in [0.1, 0.15) is 0 Å². The van der Waals surface area contributed by atoms with Crippen LogP contribution in [0.3, 0.4) is 0 Å². The Kier molecular flexibility index (Phi) is 5.08. The fraction of sp³-hybridized carbons (Fsp3) is 0.889. The molecule has 3 fully saturated rings. The molecule has 1 unspecified atom stereocenters. The van der Waals surface area contributed by atoms with Crippen LogP contribution in [0.1, 0.15) is 37.8 Å². The summed E-state index contributed by atoms with van der Waals surface area (Å²) in [5.74, 6) is 0. The molecule has 4 rings (SSSR count). The third kappa shape index (κ3) is 4.05. The van der Waals surface area contributed by atoms with Crippen LogP contribution in [0.4, 0.5) is 0 Å². The lowest BCUT2D eigenvalue weighted by molar-refractivity contribution is -0.0727. The van der Waals surface area contributed by atoms with Crippen molar-refractivity contribution in [2.45, 2.75) is 50.8 Å². The quantitative estimate of drug-likeness (QED) is 0.864. The third-order valence-electron chi connectivity index (χ3n) is 6.31. The van der Waals surface area contributed by atoms with E-state index in [2.05, 4.69) is 20.1 Å². The van der Waals surface area contributed by atoms with Gasteiger partial charge in [-0.3, -0.25) is 14.5 Å². The second-order valence-corrected chi connectivity index (χ2v) is 8.29. The van der Waals surface area contributed by atoms with Crippen LogP contribution < -0.4 is 0 Å². The zero-order valence-corrected chi connectivity index (χ0v) is 15.3. The molecule has 25 heavy (non-hydrogen) atoms. The number of aliphatic hydroxyl groups excluding tert-OH is 1. The highest BCUT2D eigenvalue weighted by Crippen LogP contribution is 2.41. The third-order valence-corrected chi connectivity index (χ3v) is 6.31. The predicted octanol–water partition coefficient (Wildman–Crippen LogP) is 0.643. The van der Waals surface area contributed by atoms with Crippen molar-refractivity contribution in [2.75, 3.05) is 39.4 Å². The van der Waals surface area contributed by atoms with Crippen LogP contribution in [0.5, 0.6) is 0 Å². The van der Waals surface area contributed by atoms with Crippen molar-refractivity contribution >= 4 is 0 Å². The summed E-state index contributed by atoms with van der Waals surface area (Å²) in [4.78, 5) is 5.05. The van der Waals surface area contributed by atoms with E-state index in [-0.39, 0.29) is 11.5 Å².